The van der Waals surface area contributed by atoms with Gasteiger partial charge in [0.25, 0.3) is 0 Å². The van der Waals surface area contributed by atoms with Crippen LogP contribution in [-0.2, 0) is 4.74 Å². The molecule has 0 saturated heterocycles. The highest BCUT2D eigenvalue weighted by molar-refractivity contribution is 6.30. The molecule has 1 aromatic rings. The molecule has 0 heterocycles. The maximum atomic E-state index is 11.9. The van der Waals surface area contributed by atoms with Crippen molar-refractivity contribution in [3.63, 3.8) is 0 Å². The molecule has 0 N–H and O–H groups in total. The highest BCUT2D eigenvalue weighted by Gasteiger charge is 2.09. The van der Waals surface area contributed by atoms with E-state index in [2.05, 4.69) is 13.8 Å². The van der Waals surface area contributed by atoms with Gasteiger partial charge in [-0.15, -0.1) is 0 Å². The van der Waals surface area contributed by atoms with Gasteiger partial charge in [-0.05, 0) is 36.6 Å². The van der Waals surface area contributed by atoms with Crippen molar-refractivity contribution in [2.75, 3.05) is 13.2 Å². The van der Waals surface area contributed by atoms with E-state index >= 15 is 0 Å². The number of Topliss-reactive ketones (excluding diaryl/α,β-unsaturated/α-hetero) is 1. The molecule has 0 saturated carbocycles. The Bertz CT molecular complexity index is 373. The van der Waals surface area contributed by atoms with Crippen molar-refractivity contribution < 1.29 is 9.53 Å². The third-order valence-corrected chi connectivity index (χ3v) is 3.55. The third-order valence-electron chi connectivity index (χ3n) is 3.30. The molecule has 1 unspecified atom stereocenters. The predicted molar refractivity (Wildman–Crippen MR) is 79.9 cm³/mol. The van der Waals surface area contributed by atoms with Gasteiger partial charge in [0.15, 0.2) is 5.78 Å². The van der Waals surface area contributed by atoms with E-state index in [1.54, 1.807) is 24.3 Å². The van der Waals surface area contributed by atoms with Crippen LogP contribution in [0.15, 0.2) is 24.3 Å². The van der Waals surface area contributed by atoms with Crippen molar-refractivity contribution in [3.05, 3.63) is 34.9 Å². The topological polar surface area (TPSA) is 26.3 Å². The molecule has 2 nitrogen and oxygen atoms in total. The van der Waals surface area contributed by atoms with E-state index in [9.17, 15) is 4.79 Å². The van der Waals surface area contributed by atoms with E-state index in [1.807, 2.05) is 0 Å². The van der Waals surface area contributed by atoms with Crippen molar-refractivity contribution in [2.24, 2.45) is 5.92 Å². The quantitative estimate of drug-likeness (QED) is 0.611. The predicted octanol–water partition coefficient (Wildman–Crippen LogP) is 4.76. The van der Waals surface area contributed by atoms with Gasteiger partial charge >= 0.3 is 0 Å². The van der Waals surface area contributed by atoms with E-state index < -0.39 is 0 Å². The second kappa shape index (κ2) is 9.11. The maximum absolute atomic E-state index is 11.9. The molecule has 0 fully saturated rings. The van der Waals surface area contributed by atoms with Crippen LogP contribution in [0.2, 0.25) is 5.02 Å². The molecule has 0 spiro atoms. The second-order valence-corrected chi connectivity index (χ2v) is 5.30. The normalized spacial score (nSPS) is 12.4. The number of halogens is 1. The Morgan fingerprint density at radius 2 is 1.95 bits per heavy atom. The standard InChI is InChI=1S/C16H23ClO2/c1-3-5-6-13(4-2)11-19-12-16(18)14-7-9-15(17)10-8-14/h7-10,13H,3-6,11-12H2,1-2H3. The fourth-order valence-electron chi connectivity index (χ4n) is 1.94. The molecule has 3 heteroatoms. The molecule has 0 radical (unpaired) electrons. The van der Waals surface area contributed by atoms with Gasteiger partial charge in [0, 0.05) is 17.2 Å². The van der Waals surface area contributed by atoms with Crippen LogP contribution in [0, 0.1) is 5.92 Å². The van der Waals surface area contributed by atoms with Gasteiger partial charge in [0.1, 0.15) is 6.61 Å². The van der Waals surface area contributed by atoms with Gasteiger partial charge in [-0.1, -0.05) is 44.7 Å². The SMILES string of the molecule is CCCCC(CC)COCC(=O)c1ccc(Cl)cc1. The Morgan fingerprint density at radius 3 is 2.53 bits per heavy atom. The average Bonchev–Trinajstić information content (AvgIpc) is 2.43. The Labute approximate surface area is 121 Å². The molecule has 0 amide bonds. The van der Waals surface area contributed by atoms with Gasteiger partial charge < -0.3 is 4.74 Å². The zero-order chi connectivity index (χ0) is 14.1. The number of benzene rings is 1. The summed E-state index contributed by atoms with van der Waals surface area (Å²) in [6, 6.07) is 6.93. The smallest absolute Gasteiger partial charge is 0.188 e. The lowest BCUT2D eigenvalue weighted by Gasteiger charge is -2.14. The number of unbranched alkanes of at least 4 members (excludes halogenated alkanes) is 1. The molecule has 1 rings (SSSR count). The van der Waals surface area contributed by atoms with Crippen molar-refractivity contribution in [1.82, 2.24) is 0 Å². The second-order valence-electron chi connectivity index (χ2n) is 4.86. The summed E-state index contributed by atoms with van der Waals surface area (Å²) in [4.78, 5) is 11.9. The monoisotopic (exact) mass is 282 g/mol. The molecule has 0 aliphatic carbocycles. The summed E-state index contributed by atoms with van der Waals surface area (Å²) in [5.74, 6) is 0.583. The van der Waals surface area contributed by atoms with E-state index in [-0.39, 0.29) is 12.4 Å². The van der Waals surface area contributed by atoms with Crippen LogP contribution < -0.4 is 0 Å². The Hall–Kier alpha value is -0.860. The van der Waals surface area contributed by atoms with E-state index in [0.717, 1.165) is 6.42 Å². The van der Waals surface area contributed by atoms with Gasteiger partial charge in [-0.3, -0.25) is 4.79 Å². The fraction of sp³-hybridized carbons (Fsp3) is 0.562. The number of carbonyl (C=O) groups excluding carboxylic acids is 1. The van der Waals surface area contributed by atoms with Gasteiger partial charge in [-0.25, -0.2) is 0 Å². The summed E-state index contributed by atoms with van der Waals surface area (Å²) < 4.78 is 5.55. The number of hydrogen-bond acceptors (Lipinski definition) is 2. The largest absolute Gasteiger partial charge is 0.373 e. The van der Waals surface area contributed by atoms with Crippen LogP contribution in [-0.4, -0.2) is 19.0 Å². The minimum Gasteiger partial charge on any atom is -0.373 e. The highest BCUT2D eigenvalue weighted by Crippen LogP contribution is 2.14. The first-order valence-electron chi connectivity index (χ1n) is 7.03. The Balaban J connectivity index is 2.31. The summed E-state index contributed by atoms with van der Waals surface area (Å²) in [6.45, 7) is 5.20. The molecule has 1 aromatic carbocycles. The molecular formula is C16H23ClO2. The average molecular weight is 283 g/mol. The molecule has 0 aromatic heterocycles. The van der Waals surface area contributed by atoms with Crippen LogP contribution in [0.1, 0.15) is 49.9 Å². The number of carbonyl (C=O) groups is 1. The molecular weight excluding hydrogens is 260 g/mol. The lowest BCUT2D eigenvalue weighted by Crippen LogP contribution is -2.15. The van der Waals surface area contributed by atoms with Crippen LogP contribution >= 0.6 is 11.6 Å². The molecule has 19 heavy (non-hydrogen) atoms. The third kappa shape index (κ3) is 6.22. The first-order chi connectivity index (χ1) is 9.17. The van der Waals surface area contributed by atoms with Crippen LogP contribution in [0.25, 0.3) is 0 Å². The summed E-state index contributed by atoms with van der Waals surface area (Å²) in [5.41, 5.74) is 0.658. The highest BCUT2D eigenvalue weighted by atomic mass is 35.5. The van der Waals surface area contributed by atoms with Crippen molar-refractivity contribution in [2.45, 2.75) is 39.5 Å². The van der Waals surface area contributed by atoms with Crippen molar-refractivity contribution in [3.8, 4) is 0 Å². The molecule has 1 atom stereocenters. The van der Waals surface area contributed by atoms with Gasteiger partial charge in [-0.2, -0.15) is 0 Å². The lowest BCUT2D eigenvalue weighted by molar-refractivity contribution is 0.0658. The molecule has 0 aliphatic rings. The Kier molecular flexibility index (Phi) is 7.76. The minimum absolute atomic E-state index is 0.0158. The van der Waals surface area contributed by atoms with Crippen LogP contribution in [0.4, 0.5) is 0 Å². The fourth-order valence-corrected chi connectivity index (χ4v) is 2.06. The summed E-state index contributed by atoms with van der Waals surface area (Å²) in [7, 11) is 0. The first kappa shape index (κ1) is 16.2. The molecule has 106 valence electrons. The molecule has 0 aliphatic heterocycles. The summed E-state index contributed by atoms with van der Waals surface area (Å²) >= 11 is 5.79. The maximum Gasteiger partial charge on any atom is 0.188 e. The number of rotatable bonds is 9. The van der Waals surface area contributed by atoms with Crippen molar-refractivity contribution in [1.29, 1.82) is 0 Å². The van der Waals surface area contributed by atoms with Crippen LogP contribution in [0.5, 0.6) is 0 Å². The molecule has 0 bridgehead atoms. The minimum atomic E-state index is 0.0158. The summed E-state index contributed by atoms with van der Waals surface area (Å²) in [6.07, 6.45) is 4.73. The zero-order valence-corrected chi connectivity index (χ0v) is 12.6. The van der Waals surface area contributed by atoms with E-state index in [4.69, 9.17) is 16.3 Å². The number of ketones is 1. The van der Waals surface area contributed by atoms with Gasteiger partial charge in [0.05, 0.1) is 0 Å². The first-order valence-corrected chi connectivity index (χ1v) is 7.41. The van der Waals surface area contributed by atoms with Crippen molar-refractivity contribution >= 4 is 17.4 Å². The van der Waals surface area contributed by atoms with Gasteiger partial charge in [0.2, 0.25) is 0 Å². The number of ether oxygens (including phenoxy) is 1. The zero-order valence-electron chi connectivity index (χ0n) is 11.8. The van der Waals surface area contributed by atoms with Crippen LogP contribution in [0.3, 0.4) is 0 Å². The lowest BCUT2D eigenvalue weighted by atomic mass is 10.0. The van der Waals surface area contributed by atoms with E-state index in [0.29, 0.717) is 23.1 Å². The Morgan fingerprint density at radius 1 is 1.26 bits per heavy atom. The number of hydrogen-bond donors (Lipinski definition) is 0. The summed E-state index contributed by atoms with van der Waals surface area (Å²) in [5, 5.41) is 0.642. The van der Waals surface area contributed by atoms with E-state index in [1.165, 1.54) is 19.3 Å².